The molecule has 0 amide bonds. The summed E-state index contributed by atoms with van der Waals surface area (Å²) < 4.78 is 15.0. The average Bonchev–Trinajstić information content (AvgIpc) is 2.96. The van der Waals surface area contributed by atoms with Crippen LogP contribution in [0.5, 0.6) is 0 Å². The van der Waals surface area contributed by atoms with E-state index in [4.69, 9.17) is 0 Å². The van der Waals surface area contributed by atoms with Gasteiger partial charge in [-0.3, -0.25) is 4.79 Å². The Kier molecular flexibility index (Phi) is 4.81. The standard InChI is InChI=1S/C19H17FN2OS/c1-13(18(23)15-8-10-16(20)11-9-15)24-19-21-12-17(22(19)2)14-6-4-3-5-7-14/h3-13H,1-2H3/t13-/m0/s1. The molecule has 0 saturated carbocycles. The van der Waals surface area contributed by atoms with Crippen LogP contribution in [0.1, 0.15) is 17.3 Å². The number of nitrogens with zero attached hydrogens (tertiary/aromatic N) is 2. The minimum atomic E-state index is -0.344. The van der Waals surface area contributed by atoms with Gasteiger partial charge >= 0.3 is 0 Å². The van der Waals surface area contributed by atoms with Crippen LogP contribution < -0.4 is 0 Å². The molecule has 3 nitrogen and oxygen atoms in total. The average molecular weight is 340 g/mol. The first-order valence-electron chi connectivity index (χ1n) is 7.60. The molecule has 1 aromatic heterocycles. The van der Waals surface area contributed by atoms with E-state index in [1.807, 2.05) is 55.1 Å². The molecule has 0 spiro atoms. The Morgan fingerprint density at radius 3 is 2.46 bits per heavy atom. The number of imidazole rings is 1. The SMILES string of the molecule is C[C@H](Sc1ncc(-c2ccccc2)n1C)C(=O)c1ccc(F)cc1. The summed E-state index contributed by atoms with van der Waals surface area (Å²) in [6, 6.07) is 15.6. The maximum Gasteiger partial charge on any atom is 0.175 e. The fraction of sp³-hybridized carbons (Fsp3) is 0.158. The molecular weight excluding hydrogens is 323 g/mol. The molecule has 0 N–H and O–H groups in total. The quantitative estimate of drug-likeness (QED) is 0.503. The number of thioether (sulfide) groups is 1. The fourth-order valence-electron chi connectivity index (χ4n) is 2.44. The minimum Gasteiger partial charge on any atom is -0.322 e. The van der Waals surface area contributed by atoms with Crippen LogP contribution in [0.15, 0.2) is 66.0 Å². The van der Waals surface area contributed by atoms with Gasteiger partial charge in [0.25, 0.3) is 0 Å². The van der Waals surface area contributed by atoms with Crippen LogP contribution in [0.4, 0.5) is 4.39 Å². The number of carbonyl (C=O) groups excluding carboxylic acids is 1. The molecule has 0 aliphatic heterocycles. The molecule has 0 fully saturated rings. The molecule has 3 aromatic rings. The van der Waals surface area contributed by atoms with Gasteiger partial charge in [0, 0.05) is 12.6 Å². The first-order valence-corrected chi connectivity index (χ1v) is 8.48. The van der Waals surface area contributed by atoms with Crippen molar-refractivity contribution >= 4 is 17.5 Å². The number of Topliss-reactive ketones (excluding diaryl/α,β-unsaturated/α-hetero) is 1. The maximum atomic E-state index is 13.0. The van der Waals surface area contributed by atoms with Crippen molar-refractivity contribution in [3.8, 4) is 11.3 Å². The van der Waals surface area contributed by atoms with Crippen LogP contribution in [0.25, 0.3) is 11.3 Å². The summed E-state index contributed by atoms with van der Waals surface area (Å²) in [5.74, 6) is -0.382. The third-order valence-electron chi connectivity index (χ3n) is 3.80. The third kappa shape index (κ3) is 3.41. The van der Waals surface area contributed by atoms with Crippen molar-refractivity contribution in [2.24, 2.45) is 7.05 Å². The van der Waals surface area contributed by atoms with Crippen molar-refractivity contribution in [3.63, 3.8) is 0 Å². The number of halogens is 1. The number of hydrogen-bond donors (Lipinski definition) is 0. The maximum absolute atomic E-state index is 13.0. The second-order valence-corrected chi connectivity index (χ2v) is 6.79. The van der Waals surface area contributed by atoms with Crippen molar-refractivity contribution in [3.05, 3.63) is 72.2 Å². The Balaban J connectivity index is 1.78. The number of benzene rings is 2. The predicted octanol–water partition coefficient (Wildman–Crippen LogP) is 4.59. The molecule has 24 heavy (non-hydrogen) atoms. The highest BCUT2D eigenvalue weighted by atomic mass is 32.2. The molecule has 0 bridgehead atoms. The van der Waals surface area contributed by atoms with Crippen molar-refractivity contribution in [2.75, 3.05) is 0 Å². The van der Waals surface area contributed by atoms with Crippen LogP contribution in [0, 0.1) is 5.82 Å². The van der Waals surface area contributed by atoms with Crippen LogP contribution in [0.2, 0.25) is 0 Å². The van der Waals surface area contributed by atoms with E-state index in [0.29, 0.717) is 5.56 Å². The molecule has 2 aromatic carbocycles. The number of carbonyl (C=O) groups is 1. The lowest BCUT2D eigenvalue weighted by molar-refractivity contribution is 0.0994. The Hall–Kier alpha value is -2.40. The Bertz CT molecular complexity index is 844. The topological polar surface area (TPSA) is 34.9 Å². The van der Waals surface area contributed by atoms with E-state index >= 15 is 0 Å². The summed E-state index contributed by atoms with van der Waals surface area (Å²) in [5.41, 5.74) is 2.59. The zero-order chi connectivity index (χ0) is 17.1. The fourth-order valence-corrected chi connectivity index (χ4v) is 3.37. The monoisotopic (exact) mass is 340 g/mol. The molecule has 0 unspecified atom stereocenters. The lowest BCUT2D eigenvalue weighted by Crippen LogP contribution is -2.14. The van der Waals surface area contributed by atoms with Gasteiger partial charge in [-0.25, -0.2) is 9.37 Å². The molecular formula is C19H17FN2OS. The molecule has 0 aliphatic carbocycles. The van der Waals surface area contributed by atoms with Crippen molar-refractivity contribution < 1.29 is 9.18 Å². The van der Waals surface area contributed by atoms with Crippen LogP contribution >= 0.6 is 11.8 Å². The van der Waals surface area contributed by atoms with Crippen molar-refractivity contribution in [2.45, 2.75) is 17.3 Å². The summed E-state index contributed by atoms with van der Waals surface area (Å²) in [5, 5.41) is 0.469. The summed E-state index contributed by atoms with van der Waals surface area (Å²) >= 11 is 1.40. The van der Waals surface area contributed by atoms with Gasteiger partial charge < -0.3 is 4.57 Å². The predicted molar refractivity (Wildman–Crippen MR) is 94.7 cm³/mol. The number of ketones is 1. The Morgan fingerprint density at radius 2 is 1.79 bits per heavy atom. The number of aromatic nitrogens is 2. The normalized spacial score (nSPS) is 12.1. The smallest absolute Gasteiger partial charge is 0.175 e. The highest BCUT2D eigenvalue weighted by Crippen LogP contribution is 2.28. The summed E-state index contributed by atoms with van der Waals surface area (Å²) in [6.45, 7) is 1.84. The molecule has 0 saturated heterocycles. The second-order valence-electron chi connectivity index (χ2n) is 5.48. The van der Waals surface area contributed by atoms with E-state index in [0.717, 1.165) is 16.4 Å². The second kappa shape index (κ2) is 7.01. The highest BCUT2D eigenvalue weighted by Gasteiger charge is 2.19. The zero-order valence-corrected chi connectivity index (χ0v) is 14.3. The number of hydrogen-bond acceptors (Lipinski definition) is 3. The van der Waals surface area contributed by atoms with Gasteiger partial charge in [0.05, 0.1) is 17.1 Å². The largest absolute Gasteiger partial charge is 0.322 e. The minimum absolute atomic E-state index is 0.0377. The molecule has 1 atom stereocenters. The van der Waals surface area contributed by atoms with Gasteiger partial charge in [-0.15, -0.1) is 0 Å². The lowest BCUT2D eigenvalue weighted by atomic mass is 10.1. The third-order valence-corrected chi connectivity index (χ3v) is 4.95. The summed E-state index contributed by atoms with van der Waals surface area (Å²) in [6.07, 6.45) is 1.81. The van der Waals surface area contributed by atoms with Gasteiger partial charge in [0.1, 0.15) is 5.82 Å². The van der Waals surface area contributed by atoms with Gasteiger partial charge in [-0.05, 0) is 36.8 Å². The van der Waals surface area contributed by atoms with E-state index < -0.39 is 0 Å². The Labute approximate surface area is 144 Å². The van der Waals surface area contributed by atoms with E-state index in [1.54, 1.807) is 0 Å². The van der Waals surface area contributed by atoms with Gasteiger partial charge in [0.15, 0.2) is 10.9 Å². The zero-order valence-electron chi connectivity index (χ0n) is 13.4. The molecule has 122 valence electrons. The van der Waals surface area contributed by atoms with E-state index in [1.165, 1.54) is 36.0 Å². The lowest BCUT2D eigenvalue weighted by Gasteiger charge is -2.11. The first kappa shape index (κ1) is 16.5. The van der Waals surface area contributed by atoms with Gasteiger partial charge in [0.2, 0.25) is 0 Å². The van der Waals surface area contributed by atoms with Crippen molar-refractivity contribution in [1.82, 2.24) is 9.55 Å². The highest BCUT2D eigenvalue weighted by molar-refractivity contribution is 8.00. The number of rotatable bonds is 5. The summed E-state index contributed by atoms with van der Waals surface area (Å²) in [7, 11) is 1.94. The van der Waals surface area contributed by atoms with E-state index in [-0.39, 0.29) is 16.9 Å². The van der Waals surface area contributed by atoms with Crippen LogP contribution in [-0.2, 0) is 7.05 Å². The molecule has 0 aliphatic rings. The van der Waals surface area contributed by atoms with Crippen LogP contribution in [-0.4, -0.2) is 20.6 Å². The molecule has 3 rings (SSSR count). The van der Waals surface area contributed by atoms with Crippen molar-refractivity contribution in [1.29, 1.82) is 0 Å². The van der Waals surface area contributed by atoms with Gasteiger partial charge in [-0.2, -0.15) is 0 Å². The van der Waals surface area contributed by atoms with E-state index in [9.17, 15) is 9.18 Å². The van der Waals surface area contributed by atoms with E-state index in [2.05, 4.69) is 4.98 Å². The molecule has 0 radical (unpaired) electrons. The molecule has 1 heterocycles. The summed E-state index contributed by atoms with van der Waals surface area (Å²) in [4.78, 5) is 16.9. The van der Waals surface area contributed by atoms with Gasteiger partial charge in [-0.1, -0.05) is 42.1 Å². The Morgan fingerprint density at radius 1 is 1.12 bits per heavy atom. The molecule has 5 heteroatoms. The first-order chi connectivity index (χ1) is 11.6. The van der Waals surface area contributed by atoms with Crippen LogP contribution in [0.3, 0.4) is 0 Å².